The van der Waals surface area contributed by atoms with Gasteiger partial charge in [-0.15, -0.1) is 0 Å². The fraction of sp³-hybridized carbons (Fsp3) is 0.182. The van der Waals surface area contributed by atoms with Crippen LogP contribution in [-0.2, 0) is 6.18 Å². The molecule has 0 amide bonds. The molecule has 1 aromatic carbocycles. The first-order valence-corrected chi connectivity index (χ1v) is 4.40. The molecule has 0 aromatic heterocycles. The summed E-state index contributed by atoms with van der Waals surface area (Å²) in [5, 5.41) is 0. The second-order valence-electron chi connectivity index (χ2n) is 3.06. The van der Waals surface area contributed by atoms with Gasteiger partial charge in [0.25, 0.3) is 0 Å². The molecule has 0 aliphatic rings. The summed E-state index contributed by atoms with van der Waals surface area (Å²) in [6, 6.07) is 2.22. The van der Waals surface area contributed by atoms with Crippen LogP contribution in [0, 0.1) is 5.82 Å². The molecule has 0 aliphatic heterocycles. The average molecular weight is 231 g/mol. The van der Waals surface area contributed by atoms with Gasteiger partial charge in [0.05, 0.1) is 11.3 Å². The maximum atomic E-state index is 13.0. The van der Waals surface area contributed by atoms with Crippen LogP contribution in [0.3, 0.4) is 0 Å². The van der Waals surface area contributed by atoms with E-state index in [-0.39, 0.29) is 11.3 Å². The van der Waals surface area contributed by atoms with Crippen molar-refractivity contribution in [3.05, 3.63) is 41.7 Å². The standard InChI is InChI=1S/C11H9F4N/c1-3-16-7(2)8-4-9(11(13,14)15)6-10(12)5-8/h3-6H,2H2,1H3. The molecule has 0 aliphatic carbocycles. The summed E-state index contributed by atoms with van der Waals surface area (Å²) in [6.45, 7) is 5.04. The smallest absolute Gasteiger partial charge is 0.262 e. The van der Waals surface area contributed by atoms with Gasteiger partial charge in [0.1, 0.15) is 5.82 Å². The molecule has 5 heteroatoms. The predicted molar refractivity (Wildman–Crippen MR) is 54.6 cm³/mol. The Bertz CT molecular complexity index is 432. The Morgan fingerprint density at radius 1 is 1.31 bits per heavy atom. The van der Waals surface area contributed by atoms with Crippen molar-refractivity contribution in [3.63, 3.8) is 0 Å². The maximum Gasteiger partial charge on any atom is 0.416 e. The number of alkyl halides is 3. The van der Waals surface area contributed by atoms with Crippen LogP contribution in [-0.4, -0.2) is 6.21 Å². The molecule has 1 nitrogen and oxygen atoms in total. The van der Waals surface area contributed by atoms with E-state index in [1.807, 2.05) is 0 Å². The van der Waals surface area contributed by atoms with Gasteiger partial charge in [-0.05, 0) is 25.1 Å². The highest BCUT2D eigenvalue weighted by molar-refractivity contribution is 5.71. The predicted octanol–water partition coefficient (Wildman–Crippen LogP) is 3.91. The Balaban J connectivity index is 3.23. The van der Waals surface area contributed by atoms with E-state index in [2.05, 4.69) is 11.6 Å². The Morgan fingerprint density at radius 2 is 1.94 bits per heavy atom. The lowest BCUT2D eigenvalue weighted by Gasteiger charge is -2.09. The summed E-state index contributed by atoms with van der Waals surface area (Å²) in [6.07, 6.45) is -3.20. The monoisotopic (exact) mass is 231 g/mol. The van der Waals surface area contributed by atoms with Crippen molar-refractivity contribution in [1.82, 2.24) is 0 Å². The van der Waals surface area contributed by atoms with Gasteiger partial charge >= 0.3 is 6.18 Å². The highest BCUT2D eigenvalue weighted by Crippen LogP contribution is 2.31. The molecule has 86 valence electrons. The molecule has 1 aromatic rings. The van der Waals surface area contributed by atoms with Crippen molar-refractivity contribution >= 4 is 11.9 Å². The van der Waals surface area contributed by atoms with Crippen molar-refractivity contribution < 1.29 is 17.6 Å². The van der Waals surface area contributed by atoms with Crippen molar-refractivity contribution in [2.45, 2.75) is 13.1 Å². The third-order valence-electron chi connectivity index (χ3n) is 1.84. The van der Waals surface area contributed by atoms with Gasteiger partial charge in [0, 0.05) is 11.8 Å². The number of aliphatic imine (C=N–C) groups is 1. The van der Waals surface area contributed by atoms with Crippen molar-refractivity contribution in [2.24, 2.45) is 4.99 Å². The second kappa shape index (κ2) is 4.47. The minimum atomic E-state index is -4.58. The van der Waals surface area contributed by atoms with Crippen LogP contribution in [0.2, 0.25) is 0 Å². The first-order chi connectivity index (χ1) is 7.34. The molecule has 0 N–H and O–H groups in total. The van der Waals surface area contributed by atoms with Crippen LogP contribution < -0.4 is 0 Å². The first kappa shape index (κ1) is 12.4. The molecule has 0 saturated carbocycles. The first-order valence-electron chi connectivity index (χ1n) is 4.40. The zero-order chi connectivity index (χ0) is 12.3. The Labute approximate surface area is 90.1 Å². The van der Waals surface area contributed by atoms with Gasteiger partial charge in [0.15, 0.2) is 0 Å². The Kier molecular flexibility index (Phi) is 3.47. The van der Waals surface area contributed by atoms with Gasteiger partial charge in [0.2, 0.25) is 0 Å². The SMILES string of the molecule is C=C(N=CC)c1cc(F)cc(C(F)(F)F)c1. The molecule has 0 saturated heterocycles. The summed E-state index contributed by atoms with van der Waals surface area (Å²) in [5.74, 6) is -0.961. The molecule has 0 fully saturated rings. The third-order valence-corrected chi connectivity index (χ3v) is 1.84. The molecule has 0 atom stereocenters. The molecule has 0 bridgehead atoms. The number of benzene rings is 1. The van der Waals surface area contributed by atoms with Crippen LogP contribution >= 0.6 is 0 Å². The molecule has 16 heavy (non-hydrogen) atoms. The van der Waals surface area contributed by atoms with E-state index in [1.165, 1.54) is 6.21 Å². The summed E-state index contributed by atoms with van der Waals surface area (Å²) in [5.41, 5.74) is -0.937. The van der Waals surface area contributed by atoms with Crippen LogP contribution in [0.1, 0.15) is 18.1 Å². The number of hydrogen-bond donors (Lipinski definition) is 0. The van der Waals surface area contributed by atoms with E-state index >= 15 is 0 Å². The highest BCUT2D eigenvalue weighted by Gasteiger charge is 2.31. The molecule has 0 radical (unpaired) electrons. The van der Waals surface area contributed by atoms with Crippen molar-refractivity contribution in [1.29, 1.82) is 0 Å². The topological polar surface area (TPSA) is 12.4 Å². The van der Waals surface area contributed by atoms with E-state index in [9.17, 15) is 17.6 Å². The molecule has 0 unspecified atom stereocenters. The molecule has 0 heterocycles. The number of nitrogens with zero attached hydrogens (tertiary/aromatic N) is 1. The molecular formula is C11H9F4N. The lowest BCUT2D eigenvalue weighted by Crippen LogP contribution is -2.06. The van der Waals surface area contributed by atoms with Gasteiger partial charge in [-0.25, -0.2) is 4.39 Å². The Morgan fingerprint density at radius 3 is 2.44 bits per heavy atom. The molecular weight excluding hydrogens is 222 g/mol. The fourth-order valence-electron chi connectivity index (χ4n) is 1.15. The van der Waals surface area contributed by atoms with E-state index in [4.69, 9.17) is 0 Å². The van der Waals surface area contributed by atoms with Gasteiger partial charge < -0.3 is 0 Å². The van der Waals surface area contributed by atoms with E-state index in [1.54, 1.807) is 6.92 Å². The lowest BCUT2D eigenvalue weighted by atomic mass is 10.1. The second-order valence-corrected chi connectivity index (χ2v) is 3.06. The average Bonchev–Trinajstić information content (AvgIpc) is 2.16. The molecule has 1 rings (SSSR count). The van der Waals surface area contributed by atoms with Crippen molar-refractivity contribution in [2.75, 3.05) is 0 Å². The number of halogens is 4. The number of hydrogen-bond acceptors (Lipinski definition) is 1. The van der Waals surface area contributed by atoms with E-state index in [0.29, 0.717) is 6.07 Å². The van der Waals surface area contributed by atoms with Crippen LogP contribution in [0.15, 0.2) is 29.8 Å². The van der Waals surface area contributed by atoms with Crippen LogP contribution in [0.5, 0.6) is 0 Å². The van der Waals surface area contributed by atoms with Gasteiger partial charge in [-0.1, -0.05) is 6.58 Å². The van der Waals surface area contributed by atoms with E-state index < -0.39 is 17.6 Å². The normalized spacial score (nSPS) is 12.1. The largest absolute Gasteiger partial charge is 0.416 e. The van der Waals surface area contributed by atoms with Crippen LogP contribution in [0.4, 0.5) is 17.6 Å². The zero-order valence-corrected chi connectivity index (χ0v) is 8.48. The summed E-state index contributed by atoms with van der Waals surface area (Å²) < 4.78 is 50.1. The van der Waals surface area contributed by atoms with Crippen molar-refractivity contribution in [3.8, 4) is 0 Å². The summed E-state index contributed by atoms with van der Waals surface area (Å²) in [4.78, 5) is 3.71. The minimum Gasteiger partial charge on any atom is -0.262 e. The van der Waals surface area contributed by atoms with E-state index in [0.717, 1.165) is 12.1 Å². The fourth-order valence-corrected chi connectivity index (χ4v) is 1.15. The lowest BCUT2D eigenvalue weighted by molar-refractivity contribution is -0.137. The van der Waals surface area contributed by atoms with Gasteiger partial charge in [-0.2, -0.15) is 13.2 Å². The quantitative estimate of drug-likeness (QED) is 0.540. The Hall–Kier alpha value is -1.65. The third kappa shape index (κ3) is 2.92. The highest BCUT2D eigenvalue weighted by atomic mass is 19.4. The minimum absolute atomic E-state index is 0.0189. The zero-order valence-electron chi connectivity index (χ0n) is 8.48. The maximum absolute atomic E-state index is 13.0. The summed E-state index contributed by atoms with van der Waals surface area (Å²) >= 11 is 0. The number of rotatable bonds is 2. The van der Waals surface area contributed by atoms with Crippen LogP contribution in [0.25, 0.3) is 5.70 Å². The van der Waals surface area contributed by atoms with Gasteiger partial charge in [-0.3, -0.25) is 4.99 Å². The summed E-state index contributed by atoms with van der Waals surface area (Å²) in [7, 11) is 0. The molecule has 0 spiro atoms.